The van der Waals surface area contributed by atoms with E-state index in [1.165, 1.54) is 0 Å². The number of anilines is 2. The molecule has 0 unspecified atom stereocenters. The second kappa shape index (κ2) is 7.52. The number of benzene rings is 1. The molecule has 1 amide bonds. The Labute approximate surface area is 159 Å². The molecule has 4 rings (SSSR count). The van der Waals surface area contributed by atoms with Gasteiger partial charge in [-0.05, 0) is 61.3 Å². The van der Waals surface area contributed by atoms with E-state index >= 15 is 0 Å². The van der Waals surface area contributed by atoms with Crippen molar-refractivity contribution in [3.8, 4) is 5.75 Å². The number of methoxy groups -OCH3 is 1. The highest BCUT2D eigenvalue weighted by Crippen LogP contribution is 2.27. The Bertz CT molecular complexity index is 818. The predicted octanol–water partition coefficient (Wildman–Crippen LogP) is 1.76. The number of hydrogen-bond acceptors (Lipinski definition) is 6. The zero-order valence-electron chi connectivity index (χ0n) is 15.8. The molecule has 0 radical (unpaired) electrons. The molecule has 27 heavy (non-hydrogen) atoms. The molecular weight excluding hydrogens is 342 g/mol. The fourth-order valence-electron chi connectivity index (χ4n) is 3.81. The summed E-state index contributed by atoms with van der Waals surface area (Å²) in [5.41, 5.74) is 2.14. The van der Waals surface area contributed by atoms with E-state index in [1.54, 1.807) is 12.0 Å². The first-order valence-corrected chi connectivity index (χ1v) is 9.39. The molecule has 142 valence electrons. The van der Waals surface area contributed by atoms with Crippen molar-refractivity contribution in [1.29, 1.82) is 0 Å². The molecule has 0 atom stereocenters. The fraction of sp³-hybridized carbons (Fsp3) is 0.450. The fourth-order valence-corrected chi connectivity index (χ4v) is 3.81. The molecule has 1 saturated heterocycles. The van der Waals surface area contributed by atoms with Crippen LogP contribution in [-0.4, -0.2) is 49.4 Å². The number of hydrogen-bond donors (Lipinski definition) is 1. The molecule has 0 spiro atoms. The van der Waals surface area contributed by atoms with Gasteiger partial charge in [-0.3, -0.25) is 9.69 Å². The molecule has 1 aromatic heterocycles. The topological polar surface area (TPSA) is 70.6 Å². The number of nitrogens with zero attached hydrogens (tertiary/aromatic N) is 4. The number of rotatable bonds is 4. The highest BCUT2D eigenvalue weighted by Gasteiger charge is 2.26. The van der Waals surface area contributed by atoms with Gasteiger partial charge in [-0.15, -0.1) is 10.2 Å². The highest BCUT2D eigenvalue weighted by atomic mass is 16.5. The second-order valence-electron chi connectivity index (χ2n) is 7.13. The molecule has 2 aromatic rings. The number of amides is 1. The minimum absolute atomic E-state index is 0.0320. The van der Waals surface area contributed by atoms with E-state index in [1.807, 2.05) is 30.3 Å². The van der Waals surface area contributed by atoms with Gasteiger partial charge in [0.05, 0.1) is 20.1 Å². The lowest BCUT2D eigenvalue weighted by atomic mass is 9.99. The summed E-state index contributed by atoms with van der Waals surface area (Å²) >= 11 is 0. The molecule has 7 nitrogen and oxygen atoms in total. The summed E-state index contributed by atoms with van der Waals surface area (Å²) in [6, 6.07) is 10.2. The summed E-state index contributed by atoms with van der Waals surface area (Å²) in [6.45, 7) is 2.58. The zero-order valence-corrected chi connectivity index (χ0v) is 15.8. The lowest BCUT2D eigenvalue weighted by molar-refractivity contribution is -0.118. The average Bonchev–Trinajstić information content (AvgIpc) is 2.73. The number of aromatic nitrogens is 2. The Hall–Kier alpha value is -2.67. The first kappa shape index (κ1) is 17.7. The lowest BCUT2D eigenvalue weighted by Crippen LogP contribution is -2.41. The summed E-state index contributed by atoms with van der Waals surface area (Å²) in [7, 11) is 3.70. The van der Waals surface area contributed by atoms with Gasteiger partial charge in [0.1, 0.15) is 5.75 Å². The Balaban J connectivity index is 1.50. The van der Waals surface area contributed by atoms with Crippen molar-refractivity contribution < 1.29 is 9.53 Å². The lowest BCUT2D eigenvalue weighted by Gasteiger charge is -2.32. The summed E-state index contributed by atoms with van der Waals surface area (Å²) in [5, 5.41) is 12.1. The number of fused-ring (bicyclic) bond motifs is 1. The molecule has 2 aliphatic rings. The predicted molar refractivity (Wildman–Crippen MR) is 104 cm³/mol. The van der Waals surface area contributed by atoms with Gasteiger partial charge in [0, 0.05) is 13.1 Å². The summed E-state index contributed by atoms with van der Waals surface area (Å²) in [6.07, 6.45) is 2.56. The molecule has 0 aliphatic carbocycles. The maximum Gasteiger partial charge on any atom is 0.232 e. The highest BCUT2D eigenvalue weighted by molar-refractivity contribution is 5.95. The molecule has 2 aliphatic heterocycles. The standard InChI is InChI=1S/C20H25N5O2/c1-24(16-7-9-21-10-8-16)18-5-6-19(23-22-18)25-13-14-3-4-17(27-2)11-15(14)12-20(25)26/h3-6,11,16,21H,7-10,12-13H2,1-2H3. The van der Waals surface area contributed by atoms with Crippen molar-refractivity contribution in [2.24, 2.45) is 0 Å². The minimum Gasteiger partial charge on any atom is -0.497 e. The molecule has 7 heteroatoms. The van der Waals surface area contributed by atoms with Gasteiger partial charge in [0.25, 0.3) is 0 Å². The van der Waals surface area contributed by atoms with Crippen molar-refractivity contribution in [1.82, 2.24) is 15.5 Å². The number of piperidine rings is 1. The molecular formula is C20H25N5O2. The van der Waals surface area contributed by atoms with E-state index in [0.717, 1.165) is 48.6 Å². The van der Waals surface area contributed by atoms with Crippen LogP contribution in [0, 0.1) is 0 Å². The van der Waals surface area contributed by atoms with Crippen molar-refractivity contribution in [3.05, 3.63) is 41.5 Å². The van der Waals surface area contributed by atoms with Crippen molar-refractivity contribution in [3.63, 3.8) is 0 Å². The summed E-state index contributed by atoms with van der Waals surface area (Å²) in [4.78, 5) is 16.5. The van der Waals surface area contributed by atoms with E-state index in [4.69, 9.17) is 4.74 Å². The number of nitrogens with one attached hydrogen (secondary N) is 1. The van der Waals surface area contributed by atoms with Crippen LogP contribution in [0.2, 0.25) is 0 Å². The van der Waals surface area contributed by atoms with Crippen LogP contribution in [0.4, 0.5) is 11.6 Å². The maximum atomic E-state index is 12.6. The Kier molecular flexibility index (Phi) is 4.94. The number of carbonyl (C=O) groups excluding carboxylic acids is 1. The van der Waals surface area contributed by atoms with Crippen LogP contribution in [0.25, 0.3) is 0 Å². The largest absolute Gasteiger partial charge is 0.497 e. The third-order valence-corrected chi connectivity index (χ3v) is 5.52. The SMILES string of the molecule is COc1ccc2c(c1)CC(=O)N(c1ccc(N(C)C3CCNCC3)nn1)C2. The first-order chi connectivity index (χ1) is 13.2. The van der Waals surface area contributed by atoms with Crippen LogP contribution < -0.4 is 19.9 Å². The van der Waals surface area contributed by atoms with Crippen molar-refractivity contribution >= 4 is 17.5 Å². The normalized spacial score (nSPS) is 17.6. The van der Waals surface area contributed by atoms with Crippen LogP contribution in [0.5, 0.6) is 5.75 Å². The molecule has 0 saturated carbocycles. The Morgan fingerprint density at radius 2 is 1.96 bits per heavy atom. The Morgan fingerprint density at radius 3 is 2.67 bits per heavy atom. The van der Waals surface area contributed by atoms with Crippen LogP contribution in [0.15, 0.2) is 30.3 Å². The average molecular weight is 367 g/mol. The zero-order chi connectivity index (χ0) is 18.8. The maximum absolute atomic E-state index is 12.6. The molecule has 0 bridgehead atoms. The number of ether oxygens (including phenoxy) is 1. The van der Waals surface area contributed by atoms with Crippen LogP contribution >= 0.6 is 0 Å². The smallest absolute Gasteiger partial charge is 0.232 e. The van der Waals surface area contributed by atoms with Gasteiger partial charge < -0.3 is 15.0 Å². The van der Waals surface area contributed by atoms with Crippen LogP contribution in [-0.2, 0) is 17.8 Å². The number of carbonyl (C=O) groups is 1. The van der Waals surface area contributed by atoms with Crippen LogP contribution in [0.1, 0.15) is 24.0 Å². The summed E-state index contributed by atoms with van der Waals surface area (Å²) < 4.78 is 5.26. The van der Waals surface area contributed by atoms with E-state index in [-0.39, 0.29) is 5.91 Å². The first-order valence-electron chi connectivity index (χ1n) is 9.39. The summed E-state index contributed by atoms with van der Waals surface area (Å²) in [5.74, 6) is 2.26. The van der Waals surface area contributed by atoms with Crippen molar-refractivity contribution in [2.75, 3.05) is 37.0 Å². The second-order valence-corrected chi connectivity index (χ2v) is 7.13. The van der Waals surface area contributed by atoms with E-state index in [9.17, 15) is 4.79 Å². The molecule has 1 N–H and O–H groups in total. The van der Waals surface area contributed by atoms with Gasteiger partial charge in [0.2, 0.25) is 5.91 Å². The third kappa shape index (κ3) is 3.60. The molecule has 3 heterocycles. The van der Waals surface area contributed by atoms with Gasteiger partial charge in [-0.1, -0.05) is 6.07 Å². The van der Waals surface area contributed by atoms with Gasteiger partial charge in [-0.2, -0.15) is 0 Å². The van der Waals surface area contributed by atoms with Crippen LogP contribution in [0.3, 0.4) is 0 Å². The minimum atomic E-state index is 0.0320. The molecule has 1 fully saturated rings. The third-order valence-electron chi connectivity index (χ3n) is 5.52. The van der Waals surface area contributed by atoms with Crippen molar-refractivity contribution in [2.45, 2.75) is 31.8 Å². The van der Waals surface area contributed by atoms with E-state index in [0.29, 0.717) is 24.8 Å². The molecule has 1 aromatic carbocycles. The van der Waals surface area contributed by atoms with Gasteiger partial charge in [0.15, 0.2) is 11.6 Å². The van der Waals surface area contributed by atoms with E-state index < -0.39 is 0 Å². The monoisotopic (exact) mass is 367 g/mol. The van der Waals surface area contributed by atoms with Gasteiger partial charge >= 0.3 is 0 Å². The Morgan fingerprint density at radius 1 is 1.15 bits per heavy atom. The van der Waals surface area contributed by atoms with E-state index in [2.05, 4.69) is 27.5 Å². The quantitative estimate of drug-likeness (QED) is 0.888. The van der Waals surface area contributed by atoms with Gasteiger partial charge in [-0.25, -0.2) is 0 Å².